The number of rotatable bonds is 6. The smallest absolute Gasteiger partial charge is 0.269 e. The first-order chi connectivity index (χ1) is 10.6. The summed E-state index contributed by atoms with van der Waals surface area (Å²) in [7, 11) is 0. The van der Waals surface area contributed by atoms with Crippen molar-refractivity contribution in [3.8, 4) is 0 Å². The topological polar surface area (TPSA) is 72.2 Å². The predicted octanol–water partition coefficient (Wildman–Crippen LogP) is 3.35. The van der Waals surface area contributed by atoms with Crippen LogP contribution in [0.1, 0.15) is 29.3 Å². The van der Waals surface area contributed by atoms with E-state index in [2.05, 4.69) is 5.32 Å². The molecule has 2 rings (SSSR count). The van der Waals surface area contributed by atoms with Crippen LogP contribution in [-0.4, -0.2) is 16.9 Å². The second-order valence-corrected chi connectivity index (χ2v) is 5.07. The van der Waals surface area contributed by atoms with Gasteiger partial charge in [0.15, 0.2) is 0 Å². The van der Waals surface area contributed by atoms with Crippen molar-refractivity contribution in [3.63, 3.8) is 0 Å². The van der Waals surface area contributed by atoms with Gasteiger partial charge in [-0.25, -0.2) is 0 Å². The minimum atomic E-state index is -0.480. The highest BCUT2D eigenvalue weighted by atomic mass is 16.6. The third-order valence-electron chi connectivity index (χ3n) is 3.49. The third kappa shape index (κ3) is 4.15. The maximum Gasteiger partial charge on any atom is 0.269 e. The summed E-state index contributed by atoms with van der Waals surface area (Å²) in [6, 6.07) is 15.6. The van der Waals surface area contributed by atoms with E-state index in [1.807, 2.05) is 37.3 Å². The summed E-state index contributed by atoms with van der Waals surface area (Å²) in [4.78, 5) is 22.3. The average molecular weight is 298 g/mol. The Balaban J connectivity index is 2.01. The molecule has 1 atom stereocenters. The number of hydrogen-bond acceptors (Lipinski definition) is 3. The van der Waals surface area contributed by atoms with Crippen LogP contribution >= 0.6 is 0 Å². The Morgan fingerprint density at radius 1 is 1.14 bits per heavy atom. The summed E-state index contributed by atoms with van der Waals surface area (Å²) in [6.45, 7) is 2.02. The monoisotopic (exact) mass is 298 g/mol. The van der Waals surface area contributed by atoms with Gasteiger partial charge in [-0.2, -0.15) is 0 Å². The number of nitro groups is 1. The average Bonchev–Trinajstić information content (AvgIpc) is 2.55. The molecule has 0 unspecified atom stereocenters. The lowest BCUT2D eigenvalue weighted by Crippen LogP contribution is -2.35. The van der Waals surface area contributed by atoms with E-state index < -0.39 is 4.92 Å². The van der Waals surface area contributed by atoms with Gasteiger partial charge in [0, 0.05) is 23.7 Å². The van der Waals surface area contributed by atoms with Crippen molar-refractivity contribution >= 4 is 11.6 Å². The summed E-state index contributed by atoms with van der Waals surface area (Å²) in [5.74, 6) is -0.210. The molecular formula is C17H18N2O3. The highest BCUT2D eigenvalue weighted by Gasteiger charge is 2.14. The molecule has 2 aromatic rings. The lowest BCUT2D eigenvalue weighted by Gasteiger charge is -2.17. The first kappa shape index (κ1) is 15.7. The van der Waals surface area contributed by atoms with E-state index in [-0.39, 0.29) is 17.6 Å². The van der Waals surface area contributed by atoms with Crippen LogP contribution < -0.4 is 5.32 Å². The number of nitro benzene ring substituents is 1. The molecule has 0 aliphatic carbocycles. The Hall–Kier alpha value is -2.69. The predicted molar refractivity (Wildman–Crippen MR) is 84.8 cm³/mol. The van der Waals surface area contributed by atoms with Gasteiger partial charge in [0.25, 0.3) is 11.6 Å². The van der Waals surface area contributed by atoms with Gasteiger partial charge in [-0.15, -0.1) is 0 Å². The molecule has 5 heteroatoms. The Labute approximate surface area is 129 Å². The lowest BCUT2D eigenvalue weighted by atomic mass is 10.0. The van der Waals surface area contributed by atoms with Crippen LogP contribution in [0.2, 0.25) is 0 Å². The molecule has 1 N–H and O–H groups in total. The number of hydrogen-bond donors (Lipinski definition) is 1. The van der Waals surface area contributed by atoms with E-state index in [0.717, 1.165) is 12.8 Å². The largest absolute Gasteiger partial charge is 0.349 e. The van der Waals surface area contributed by atoms with Crippen molar-refractivity contribution in [1.82, 2.24) is 5.32 Å². The summed E-state index contributed by atoms with van der Waals surface area (Å²) < 4.78 is 0. The molecule has 0 aliphatic heterocycles. The minimum absolute atomic E-state index is 0.0205. The SMILES string of the molecule is CC[C@H](Cc1ccccc1)NC(=O)c1ccc([N+](=O)[O-])cc1. The molecule has 0 bridgehead atoms. The lowest BCUT2D eigenvalue weighted by molar-refractivity contribution is -0.384. The fourth-order valence-corrected chi connectivity index (χ4v) is 2.20. The van der Waals surface area contributed by atoms with Crippen LogP contribution in [0.15, 0.2) is 54.6 Å². The number of carbonyl (C=O) groups excluding carboxylic acids is 1. The molecule has 0 radical (unpaired) electrons. The standard InChI is InChI=1S/C17H18N2O3/c1-2-15(12-13-6-4-3-5-7-13)18-17(20)14-8-10-16(11-9-14)19(21)22/h3-11,15H,2,12H2,1H3,(H,18,20)/t15-/m1/s1. The fraction of sp³-hybridized carbons (Fsp3) is 0.235. The highest BCUT2D eigenvalue weighted by molar-refractivity contribution is 5.94. The van der Waals surface area contributed by atoms with Crippen molar-refractivity contribution in [1.29, 1.82) is 0 Å². The zero-order valence-electron chi connectivity index (χ0n) is 12.4. The summed E-state index contributed by atoms with van der Waals surface area (Å²) in [6.07, 6.45) is 1.57. The normalized spacial score (nSPS) is 11.7. The summed E-state index contributed by atoms with van der Waals surface area (Å²) in [5, 5.41) is 13.6. The molecule has 0 fully saturated rings. The second-order valence-electron chi connectivity index (χ2n) is 5.07. The molecule has 0 saturated heterocycles. The van der Waals surface area contributed by atoms with Gasteiger partial charge < -0.3 is 5.32 Å². The molecule has 0 aromatic heterocycles. The van der Waals surface area contributed by atoms with Crippen LogP contribution in [0.5, 0.6) is 0 Å². The Kier molecular flexibility index (Phi) is 5.25. The zero-order valence-corrected chi connectivity index (χ0v) is 12.4. The number of carbonyl (C=O) groups is 1. The van der Waals surface area contributed by atoms with E-state index in [4.69, 9.17) is 0 Å². The van der Waals surface area contributed by atoms with Gasteiger partial charge >= 0.3 is 0 Å². The van der Waals surface area contributed by atoms with Gasteiger partial charge in [-0.1, -0.05) is 37.3 Å². The summed E-state index contributed by atoms with van der Waals surface area (Å²) in [5.41, 5.74) is 1.57. The first-order valence-corrected chi connectivity index (χ1v) is 7.19. The fourth-order valence-electron chi connectivity index (χ4n) is 2.20. The van der Waals surface area contributed by atoms with E-state index in [1.54, 1.807) is 0 Å². The van der Waals surface area contributed by atoms with Crippen molar-refractivity contribution in [3.05, 3.63) is 75.8 Å². The van der Waals surface area contributed by atoms with Crippen LogP contribution in [0, 0.1) is 10.1 Å². The van der Waals surface area contributed by atoms with Gasteiger partial charge in [0.1, 0.15) is 0 Å². The summed E-state index contributed by atoms with van der Waals surface area (Å²) >= 11 is 0. The third-order valence-corrected chi connectivity index (χ3v) is 3.49. The number of amides is 1. The number of benzene rings is 2. The van der Waals surface area contributed by atoms with Gasteiger partial charge in [-0.05, 0) is 30.5 Å². The van der Waals surface area contributed by atoms with Crippen LogP contribution in [0.4, 0.5) is 5.69 Å². The Morgan fingerprint density at radius 2 is 1.77 bits per heavy atom. The molecule has 5 nitrogen and oxygen atoms in total. The molecular weight excluding hydrogens is 280 g/mol. The van der Waals surface area contributed by atoms with E-state index in [1.165, 1.54) is 29.8 Å². The van der Waals surface area contributed by atoms with Crippen LogP contribution in [0.3, 0.4) is 0 Å². The maximum absolute atomic E-state index is 12.2. The van der Waals surface area contributed by atoms with Crippen molar-refractivity contribution in [2.45, 2.75) is 25.8 Å². The van der Waals surface area contributed by atoms with E-state index in [0.29, 0.717) is 5.56 Å². The molecule has 0 aliphatic rings. The van der Waals surface area contributed by atoms with Crippen molar-refractivity contribution in [2.24, 2.45) is 0 Å². The first-order valence-electron chi connectivity index (χ1n) is 7.19. The molecule has 114 valence electrons. The Bertz CT molecular complexity index is 639. The van der Waals surface area contributed by atoms with Crippen LogP contribution in [-0.2, 0) is 6.42 Å². The molecule has 2 aromatic carbocycles. The molecule has 0 spiro atoms. The molecule has 0 heterocycles. The van der Waals surface area contributed by atoms with E-state index in [9.17, 15) is 14.9 Å². The highest BCUT2D eigenvalue weighted by Crippen LogP contribution is 2.13. The van der Waals surface area contributed by atoms with Crippen molar-refractivity contribution < 1.29 is 9.72 Å². The molecule has 1 amide bonds. The number of non-ortho nitro benzene ring substituents is 1. The minimum Gasteiger partial charge on any atom is -0.349 e. The number of nitrogens with zero attached hydrogens (tertiary/aromatic N) is 1. The van der Waals surface area contributed by atoms with E-state index >= 15 is 0 Å². The zero-order chi connectivity index (χ0) is 15.9. The van der Waals surface area contributed by atoms with Crippen molar-refractivity contribution in [2.75, 3.05) is 0 Å². The van der Waals surface area contributed by atoms with Gasteiger partial charge in [0.2, 0.25) is 0 Å². The quantitative estimate of drug-likeness (QED) is 0.656. The molecule has 0 saturated carbocycles. The van der Waals surface area contributed by atoms with Gasteiger partial charge in [-0.3, -0.25) is 14.9 Å². The Morgan fingerprint density at radius 3 is 2.32 bits per heavy atom. The second kappa shape index (κ2) is 7.36. The molecule has 22 heavy (non-hydrogen) atoms. The number of nitrogens with one attached hydrogen (secondary N) is 1. The maximum atomic E-state index is 12.2. The van der Waals surface area contributed by atoms with Gasteiger partial charge in [0.05, 0.1) is 4.92 Å². The van der Waals surface area contributed by atoms with Crippen LogP contribution in [0.25, 0.3) is 0 Å².